The smallest absolute Gasteiger partial charge is 0.222 e. The summed E-state index contributed by atoms with van der Waals surface area (Å²) in [4.78, 5) is 17.8. The average Bonchev–Trinajstić information content (AvgIpc) is 2.50. The van der Waals surface area contributed by atoms with Crippen molar-refractivity contribution in [3.8, 4) is 6.07 Å². The Morgan fingerprint density at radius 1 is 1.43 bits per heavy atom. The Labute approximate surface area is 123 Å². The van der Waals surface area contributed by atoms with Crippen LogP contribution in [0.5, 0.6) is 0 Å². The average molecular weight is 280 g/mol. The molecule has 21 heavy (non-hydrogen) atoms. The third kappa shape index (κ3) is 2.65. The number of carbonyl (C=O) groups is 1. The SMILES string of the molecule is CN1CC(Nc2cc(C#N)c3ccccc3n2)CCC1=O. The predicted molar refractivity (Wildman–Crippen MR) is 80.7 cm³/mol. The first-order valence-corrected chi connectivity index (χ1v) is 6.98. The number of likely N-dealkylation sites (N-methyl/N-ethyl adjacent to an activating group) is 1. The van der Waals surface area contributed by atoms with Crippen molar-refractivity contribution in [2.75, 3.05) is 18.9 Å². The number of piperidine rings is 1. The van der Waals surface area contributed by atoms with Crippen LogP contribution in [-0.4, -0.2) is 35.4 Å². The number of nitrogens with one attached hydrogen (secondary N) is 1. The maximum atomic E-state index is 11.5. The van der Waals surface area contributed by atoms with Crippen LogP contribution >= 0.6 is 0 Å². The monoisotopic (exact) mass is 280 g/mol. The van der Waals surface area contributed by atoms with E-state index in [4.69, 9.17) is 0 Å². The number of aromatic nitrogens is 1. The van der Waals surface area contributed by atoms with Crippen molar-refractivity contribution in [3.63, 3.8) is 0 Å². The summed E-state index contributed by atoms with van der Waals surface area (Å²) in [5, 5.41) is 13.5. The van der Waals surface area contributed by atoms with Crippen LogP contribution in [0.25, 0.3) is 10.9 Å². The molecule has 0 bridgehead atoms. The molecule has 0 aliphatic carbocycles. The minimum atomic E-state index is 0.174. The minimum Gasteiger partial charge on any atom is -0.365 e. The van der Waals surface area contributed by atoms with Crippen LogP contribution in [0.15, 0.2) is 30.3 Å². The Kier molecular flexibility index (Phi) is 3.44. The fraction of sp³-hybridized carbons (Fsp3) is 0.312. The molecule has 1 N–H and O–H groups in total. The van der Waals surface area contributed by atoms with Crippen molar-refractivity contribution >= 4 is 22.6 Å². The molecule has 106 valence electrons. The summed E-state index contributed by atoms with van der Waals surface area (Å²) in [5.74, 6) is 0.871. The summed E-state index contributed by atoms with van der Waals surface area (Å²) in [6, 6.07) is 11.8. The lowest BCUT2D eigenvalue weighted by Gasteiger charge is -2.30. The van der Waals surface area contributed by atoms with Crippen LogP contribution in [0.4, 0.5) is 5.82 Å². The van der Waals surface area contributed by atoms with Crippen LogP contribution in [0, 0.1) is 11.3 Å². The summed E-state index contributed by atoms with van der Waals surface area (Å²) < 4.78 is 0. The van der Waals surface area contributed by atoms with Crippen molar-refractivity contribution in [1.82, 2.24) is 9.88 Å². The van der Waals surface area contributed by atoms with E-state index in [1.165, 1.54) is 0 Å². The van der Waals surface area contributed by atoms with Gasteiger partial charge in [-0.3, -0.25) is 4.79 Å². The van der Waals surface area contributed by atoms with E-state index in [-0.39, 0.29) is 11.9 Å². The summed E-state index contributed by atoms with van der Waals surface area (Å²) in [5.41, 5.74) is 1.42. The molecule has 1 saturated heterocycles. The van der Waals surface area contributed by atoms with E-state index in [0.717, 1.165) is 17.3 Å². The third-order valence-electron chi connectivity index (χ3n) is 3.82. The molecule has 5 nitrogen and oxygen atoms in total. The molecular weight excluding hydrogens is 264 g/mol. The van der Waals surface area contributed by atoms with Crippen LogP contribution < -0.4 is 5.32 Å². The minimum absolute atomic E-state index is 0.174. The summed E-state index contributed by atoms with van der Waals surface area (Å²) in [7, 11) is 1.81. The Hall–Kier alpha value is -2.61. The zero-order valence-electron chi connectivity index (χ0n) is 11.8. The molecule has 1 fully saturated rings. The number of para-hydroxylation sites is 1. The van der Waals surface area contributed by atoms with E-state index in [1.807, 2.05) is 31.3 Å². The van der Waals surface area contributed by atoms with Gasteiger partial charge < -0.3 is 10.2 Å². The summed E-state index contributed by atoms with van der Waals surface area (Å²) >= 11 is 0. The molecule has 1 aromatic carbocycles. The highest BCUT2D eigenvalue weighted by molar-refractivity contribution is 5.86. The Morgan fingerprint density at radius 3 is 3.00 bits per heavy atom. The van der Waals surface area contributed by atoms with E-state index in [2.05, 4.69) is 16.4 Å². The number of fused-ring (bicyclic) bond motifs is 1. The number of hydrogen-bond donors (Lipinski definition) is 1. The van der Waals surface area contributed by atoms with Crippen LogP contribution in [0.1, 0.15) is 18.4 Å². The Morgan fingerprint density at radius 2 is 2.24 bits per heavy atom. The van der Waals surface area contributed by atoms with Crippen molar-refractivity contribution in [2.45, 2.75) is 18.9 Å². The number of pyridine rings is 1. The molecule has 1 aromatic heterocycles. The van der Waals surface area contributed by atoms with Crippen molar-refractivity contribution in [2.24, 2.45) is 0 Å². The molecule has 0 radical (unpaired) electrons. The lowest BCUT2D eigenvalue weighted by atomic mass is 10.1. The van der Waals surface area contributed by atoms with Gasteiger partial charge in [-0.25, -0.2) is 4.98 Å². The number of benzene rings is 1. The summed E-state index contributed by atoms with van der Waals surface area (Å²) in [6.45, 7) is 0.662. The molecule has 2 heterocycles. The fourth-order valence-electron chi connectivity index (χ4n) is 2.68. The van der Waals surface area contributed by atoms with Gasteiger partial charge in [0.15, 0.2) is 0 Å². The quantitative estimate of drug-likeness (QED) is 0.915. The van der Waals surface area contributed by atoms with Crippen LogP contribution in [-0.2, 0) is 4.79 Å². The second-order valence-corrected chi connectivity index (χ2v) is 5.34. The van der Waals surface area contributed by atoms with Gasteiger partial charge in [0.1, 0.15) is 5.82 Å². The van der Waals surface area contributed by atoms with Gasteiger partial charge in [-0.1, -0.05) is 18.2 Å². The zero-order chi connectivity index (χ0) is 14.8. The molecule has 1 atom stereocenters. The van der Waals surface area contributed by atoms with Crippen LogP contribution in [0.3, 0.4) is 0 Å². The number of carbonyl (C=O) groups excluding carboxylic acids is 1. The van der Waals surface area contributed by atoms with E-state index in [0.29, 0.717) is 24.3 Å². The van der Waals surface area contributed by atoms with E-state index in [1.54, 1.807) is 11.0 Å². The molecule has 1 amide bonds. The number of likely N-dealkylation sites (tertiary alicyclic amines) is 1. The van der Waals surface area contributed by atoms with Crippen molar-refractivity contribution in [3.05, 3.63) is 35.9 Å². The lowest BCUT2D eigenvalue weighted by molar-refractivity contribution is -0.132. The number of nitrogens with zero attached hydrogens (tertiary/aromatic N) is 3. The first-order valence-electron chi connectivity index (χ1n) is 6.98. The van der Waals surface area contributed by atoms with Crippen molar-refractivity contribution < 1.29 is 4.79 Å². The molecule has 0 saturated carbocycles. The van der Waals surface area contributed by atoms with Gasteiger partial charge in [-0.2, -0.15) is 5.26 Å². The second kappa shape index (κ2) is 5.41. The highest BCUT2D eigenvalue weighted by atomic mass is 16.2. The molecule has 0 spiro atoms. The van der Waals surface area contributed by atoms with Gasteiger partial charge in [0.2, 0.25) is 5.91 Å². The maximum Gasteiger partial charge on any atom is 0.222 e. The third-order valence-corrected chi connectivity index (χ3v) is 3.82. The topological polar surface area (TPSA) is 69.0 Å². The Balaban J connectivity index is 1.88. The standard InChI is InChI=1S/C16H16N4O/c1-20-10-12(6-7-16(20)21)18-15-8-11(9-17)13-4-2-3-5-14(13)19-15/h2-5,8,12H,6-7,10H2,1H3,(H,18,19). The summed E-state index contributed by atoms with van der Waals surface area (Å²) in [6.07, 6.45) is 1.34. The number of hydrogen-bond acceptors (Lipinski definition) is 4. The van der Waals surface area contributed by atoms with Gasteiger partial charge in [-0.15, -0.1) is 0 Å². The first kappa shape index (κ1) is 13.4. The molecule has 2 aromatic rings. The molecular formula is C16H16N4O. The van der Waals surface area contributed by atoms with E-state index >= 15 is 0 Å². The molecule has 5 heteroatoms. The van der Waals surface area contributed by atoms with Crippen molar-refractivity contribution in [1.29, 1.82) is 5.26 Å². The van der Waals surface area contributed by atoms with Gasteiger partial charge in [0.05, 0.1) is 17.1 Å². The number of amides is 1. The van der Waals surface area contributed by atoms with Gasteiger partial charge in [0.25, 0.3) is 0 Å². The number of rotatable bonds is 2. The molecule has 1 aliphatic heterocycles. The van der Waals surface area contributed by atoms with Gasteiger partial charge >= 0.3 is 0 Å². The second-order valence-electron chi connectivity index (χ2n) is 5.34. The molecule has 1 aliphatic rings. The zero-order valence-corrected chi connectivity index (χ0v) is 11.8. The Bertz CT molecular complexity index is 735. The van der Waals surface area contributed by atoms with Gasteiger partial charge in [-0.05, 0) is 18.6 Å². The lowest BCUT2D eigenvalue weighted by Crippen LogP contribution is -2.43. The van der Waals surface area contributed by atoms with E-state index in [9.17, 15) is 10.1 Å². The van der Waals surface area contributed by atoms with E-state index < -0.39 is 0 Å². The molecule has 3 rings (SSSR count). The van der Waals surface area contributed by atoms with Gasteiger partial charge in [0, 0.05) is 31.4 Å². The highest BCUT2D eigenvalue weighted by Gasteiger charge is 2.23. The number of anilines is 1. The maximum absolute atomic E-state index is 11.5. The number of nitriles is 1. The molecule has 1 unspecified atom stereocenters. The highest BCUT2D eigenvalue weighted by Crippen LogP contribution is 2.22. The largest absolute Gasteiger partial charge is 0.365 e. The normalized spacial score (nSPS) is 18.6. The van der Waals surface area contributed by atoms with Crippen LogP contribution in [0.2, 0.25) is 0 Å². The first-order chi connectivity index (χ1) is 10.2. The predicted octanol–water partition coefficient (Wildman–Crippen LogP) is 2.14. The fourth-order valence-corrected chi connectivity index (χ4v) is 2.68.